The highest BCUT2D eigenvalue weighted by molar-refractivity contribution is 7.09. The zero-order valence-corrected chi connectivity index (χ0v) is 9.85. The zero-order valence-electron chi connectivity index (χ0n) is 9.03. The Morgan fingerprint density at radius 2 is 2.33 bits per heavy atom. The molecule has 0 atom stereocenters. The van der Waals surface area contributed by atoms with Crippen LogP contribution in [0.25, 0.3) is 0 Å². The van der Waals surface area contributed by atoms with Crippen molar-refractivity contribution in [2.24, 2.45) is 5.84 Å². The van der Waals surface area contributed by atoms with Gasteiger partial charge in [0.15, 0.2) is 0 Å². The second-order valence-corrected chi connectivity index (χ2v) is 4.12. The van der Waals surface area contributed by atoms with Gasteiger partial charge in [-0.1, -0.05) is 0 Å². The summed E-state index contributed by atoms with van der Waals surface area (Å²) >= 11 is 1.44. The van der Waals surface area contributed by atoms with Gasteiger partial charge in [0, 0.05) is 11.1 Å². The number of hydrazine groups is 1. The first-order valence-electron chi connectivity index (χ1n) is 4.80. The van der Waals surface area contributed by atoms with Gasteiger partial charge < -0.3 is 5.32 Å². The molecular formula is C8H9N7O2S. The van der Waals surface area contributed by atoms with Crippen LogP contribution in [0.15, 0.2) is 17.9 Å². The average molecular weight is 267 g/mol. The van der Waals surface area contributed by atoms with Crippen LogP contribution in [0, 0.1) is 10.1 Å². The third kappa shape index (κ3) is 2.67. The molecule has 2 aromatic heterocycles. The summed E-state index contributed by atoms with van der Waals surface area (Å²) in [5.74, 6) is 5.37. The standard InChI is InChI=1S/C8H9N7O2S/c9-14-8-12-3-6(15(16)17)7(13-8)11-2-5-1-10-4-18-5/h1,3-4H,2,9H2,(H2,11,12,13,14). The molecule has 0 bridgehead atoms. The fourth-order valence-electron chi connectivity index (χ4n) is 1.21. The molecule has 0 aromatic carbocycles. The van der Waals surface area contributed by atoms with E-state index >= 15 is 0 Å². The van der Waals surface area contributed by atoms with E-state index in [9.17, 15) is 10.1 Å². The van der Waals surface area contributed by atoms with E-state index in [0.29, 0.717) is 6.54 Å². The van der Waals surface area contributed by atoms with Crippen molar-refractivity contribution in [1.29, 1.82) is 0 Å². The Hall–Kier alpha value is -2.33. The lowest BCUT2D eigenvalue weighted by atomic mass is 10.4. The molecular weight excluding hydrogens is 258 g/mol. The van der Waals surface area contributed by atoms with Gasteiger partial charge in [-0.15, -0.1) is 11.3 Å². The fourth-order valence-corrected chi connectivity index (χ4v) is 1.74. The lowest BCUT2D eigenvalue weighted by Crippen LogP contribution is -2.13. The van der Waals surface area contributed by atoms with Crippen molar-refractivity contribution < 1.29 is 4.92 Å². The molecule has 94 valence electrons. The number of thiazole rings is 1. The van der Waals surface area contributed by atoms with Gasteiger partial charge >= 0.3 is 5.69 Å². The molecule has 0 saturated carbocycles. The van der Waals surface area contributed by atoms with Crippen LogP contribution in [0.5, 0.6) is 0 Å². The molecule has 0 amide bonds. The largest absolute Gasteiger partial charge is 0.359 e. The number of nitro groups is 1. The van der Waals surface area contributed by atoms with Gasteiger partial charge in [0.1, 0.15) is 6.20 Å². The van der Waals surface area contributed by atoms with Crippen molar-refractivity contribution in [3.05, 3.63) is 32.9 Å². The smallest absolute Gasteiger partial charge is 0.329 e. The highest BCUT2D eigenvalue weighted by Gasteiger charge is 2.16. The van der Waals surface area contributed by atoms with Crippen LogP contribution < -0.4 is 16.6 Å². The SMILES string of the molecule is NNc1ncc([N+](=O)[O-])c(NCc2cncs2)n1. The molecule has 2 rings (SSSR count). The van der Waals surface area contributed by atoms with Gasteiger partial charge in [-0.25, -0.2) is 10.8 Å². The zero-order chi connectivity index (χ0) is 13.0. The summed E-state index contributed by atoms with van der Waals surface area (Å²) in [5, 5.41) is 13.7. The van der Waals surface area contributed by atoms with Crippen molar-refractivity contribution in [2.45, 2.75) is 6.54 Å². The Labute approximate surface area is 105 Å². The van der Waals surface area contributed by atoms with E-state index in [4.69, 9.17) is 5.84 Å². The second kappa shape index (κ2) is 5.33. The van der Waals surface area contributed by atoms with Crippen LogP contribution in [0.3, 0.4) is 0 Å². The summed E-state index contributed by atoms with van der Waals surface area (Å²) in [6, 6.07) is 0. The van der Waals surface area contributed by atoms with Crippen LogP contribution >= 0.6 is 11.3 Å². The third-order valence-electron chi connectivity index (χ3n) is 2.01. The van der Waals surface area contributed by atoms with Gasteiger partial charge in [0.2, 0.25) is 11.8 Å². The van der Waals surface area contributed by atoms with Gasteiger partial charge in [-0.2, -0.15) is 4.98 Å². The predicted octanol–water partition coefficient (Wildman–Crippen LogP) is 0.739. The Morgan fingerprint density at radius 3 is 2.94 bits per heavy atom. The molecule has 18 heavy (non-hydrogen) atoms. The summed E-state index contributed by atoms with van der Waals surface area (Å²) in [7, 11) is 0. The van der Waals surface area contributed by atoms with Crippen molar-refractivity contribution in [3.8, 4) is 0 Å². The first kappa shape index (κ1) is 12.1. The minimum absolute atomic E-state index is 0.104. The summed E-state index contributed by atoms with van der Waals surface area (Å²) in [6.45, 7) is 0.395. The van der Waals surface area contributed by atoms with E-state index in [1.807, 2.05) is 0 Å². The highest BCUT2D eigenvalue weighted by atomic mass is 32.1. The first-order valence-corrected chi connectivity index (χ1v) is 5.68. The molecule has 0 unspecified atom stereocenters. The van der Waals surface area contributed by atoms with Crippen molar-refractivity contribution in [2.75, 3.05) is 10.7 Å². The molecule has 0 fully saturated rings. The van der Waals surface area contributed by atoms with E-state index in [2.05, 4.69) is 25.7 Å². The van der Waals surface area contributed by atoms with Gasteiger partial charge in [0.25, 0.3) is 0 Å². The first-order chi connectivity index (χ1) is 8.70. The Kier molecular flexibility index (Phi) is 3.60. The molecule has 4 N–H and O–H groups in total. The highest BCUT2D eigenvalue weighted by Crippen LogP contribution is 2.22. The number of nitrogens with one attached hydrogen (secondary N) is 2. The van der Waals surface area contributed by atoms with Crippen molar-refractivity contribution in [1.82, 2.24) is 15.0 Å². The predicted molar refractivity (Wildman–Crippen MR) is 65.9 cm³/mol. The van der Waals surface area contributed by atoms with Crippen LogP contribution in [-0.4, -0.2) is 19.9 Å². The number of anilines is 2. The van der Waals surface area contributed by atoms with E-state index < -0.39 is 4.92 Å². The molecule has 0 saturated heterocycles. The monoisotopic (exact) mass is 267 g/mol. The van der Waals surface area contributed by atoms with Crippen molar-refractivity contribution in [3.63, 3.8) is 0 Å². The number of nitrogens with zero attached hydrogens (tertiary/aromatic N) is 4. The Balaban J connectivity index is 2.20. The maximum absolute atomic E-state index is 10.8. The maximum atomic E-state index is 10.8. The topological polar surface area (TPSA) is 132 Å². The molecule has 0 aliphatic carbocycles. The minimum atomic E-state index is -0.560. The maximum Gasteiger partial charge on any atom is 0.329 e. The number of nitrogen functional groups attached to an aromatic ring is 1. The van der Waals surface area contributed by atoms with Crippen LogP contribution in [0.4, 0.5) is 17.5 Å². The number of rotatable bonds is 5. The van der Waals surface area contributed by atoms with E-state index in [1.54, 1.807) is 11.7 Å². The molecule has 0 aliphatic heterocycles. The summed E-state index contributed by atoms with van der Waals surface area (Å²) in [4.78, 5) is 22.7. The molecule has 2 heterocycles. The summed E-state index contributed by atoms with van der Waals surface area (Å²) in [6.07, 6.45) is 2.77. The Morgan fingerprint density at radius 1 is 1.50 bits per heavy atom. The second-order valence-electron chi connectivity index (χ2n) is 3.15. The third-order valence-corrected chi connectivity index (χ3v) is 2.79. The molecule has 10 heteroatoms. The van der Waals surface area contributed by atoms with E-state index in [-0.39, 0.29) is 17.5 Å². The quantitative estimate of drug-likeness (QED) is 0.410. The number of nitrogens with two attached hydrogens (primary N) is 1. The van der Waals surface area contributed by atoms with Crippen LogP contribution in [0.2, 0.25) is 0 Å². The van der Waals surface area contributed by atoms with Gasteiger partial charge in [-0.3, -0.25) is 20.5 Å². The summed E-state index contributed by atoms with van der Waals surface area (Å²) in [5.41, 5.74) is 3.70. The molecule has 2 aromatic rings. The molecule has 0 aliphatic rings. The van der Waals surface area contributed by atoms with Gasteiger partial charge in [0.05, 0.1) is 17.0 Å². The van der Waals surface area contributed by atoms with Crippen LogP contribution in [0.1, 0.15) is 4.88 Å². The van der Waals surface area contributed by atoms with Crippen LogP contribution in [-0.2, 0) is 6.54 Å². The molecule has 0 radical (unpaired) electrons. The Bertz CT molecular complexity index is 544. The number of hydrogen-bond donors (Lipinski definition) is 3. The summed E-state index contributed by atoms with van der Waals surface area (Å²) < 4.78 is 0. The fraction of sp³-hybridized carbons (Fsp3) is 0.125. The minimum Gasteiger partial charge on any atom is -0.359 e. The average Bonchev–Trinajstić information content (AvgIpc) is 2.88. The normalized spacial score (nSPS) is 10.1. The van der Waals surface area contributed by atoms with Crippen molar-refractivity contribution >= 4 is 28.8 Å². The van der Waals surface area contributed by atoms with Gasteiger partial charge in [-0.05, 0) is 0 Å². The number of hydrogen-bond acceptors (Lipinski definition) is 9. The van der Waals surface area contributed by atoms with E-state index in [0.717, 1.165) is 11.1 Å². The van der Waals surface area contributed by atoms with E-state index in [1.165, 1.54) is 11.3 Å². The lowest BCUT2D eigenvalue weighted by molar-refractivity contribution is -0.384. The number of aromatic nitrogens is 3. The lowest BCUT2D eigenvalue weighted by Gasteiger charge is -2.05. The molecule has 9 nitrogen and oxygen atoms in total. The molecule has 0 spiro atoms.